The van der Waals surface area contributed by atoms with Crippen molar-refractivity contribution >= 4 is 21.9 Å². The number of piperazine rings is 1. The van der Waals surface area contributed by atoms with Crippen molar-refractivity contribution in [1.29, 1.82) is 0 Å². The Hall–Kier alpha value is -1.87. The third kappa shape index (κ3) is 4.01. The van der Waals surface area contributed by atoms with Gasteiger partial charge in [-0.2, -0.15) is 4.31 Å². The molecule has 1 aromatic rings. The molecule has 1 amide bonds. The van der Waals surface area contributed by atoms with Gasteiger partial charge >= 0.3 is 5.97 Å². The molecule has 30 heavy (non-hydrogen) atoms. The topological polar surface area (TPSA) is 97.1 Å². The van der Waals surface area contributed by atoms with Crippen molar-refractivity contribution in [2.45, 2.75) is 50.8 Å². The van der Waals surface area contributed by atoms with E-state index >= 15 is 0 Å². The van der Waals surface area contributed by atoms with E-state index in [0.29, 0.717) is 37.3 Å². The molecule has 8 nitrogen and oxygen atoms in total. The lowest BCUT2D eigenvalue weighted by molar-refractivity contribution is -0.133. The monoisotopic (exact) mass is 438 g/mol. The van der Waals surface area contributed by atoms with Gasteiger partial charge in [0.1, 0.15) is 22.0 Å². The SMILES string of the molecule is COC(=O)c1c(C)oc(C)c1S(=O)(=O)N1CCN(C(=O)CC(C2CC2)C2CC2)CC1. The Morgan fingerprint density at radius 3 is 2.10 bits per heavy atom. The molecule has 0 atom stereocenters. The van der Waals surface area contributed by atoms with E-state index in [9.17, 15) is 18.0 Å². The summed E-state index contributed by atoms with van der Waals surface area (Å²) in [6, 6.07) is 0. The fraction of sp³-hybridized carbons (Fsp3) is 0.714. The van der Waals surface area contributed by atoms with E-state index in [1.54, 1.807) is 11.8 Å². The number of amides is 1. The summed E-state index contributed by atoms with van der Waals surface area (Å²) in [4.78, 5) is 26.6. The fourth-order valence-electron chi connectivity index (χ4n) is 4.72. The predicted octanol–water partition coefficient (Wildman–Crippen LogP) is 2.34. The van der Waals surface area contributed by atoms with Crippen molar-refractivity contribution in [3.8, 4) is 0 Å². The van der Waals surface area contributed by atoms with Crippen molar-refractivity contribution < 1.29 is 27.2 Å². The van der Waals surface area contributed by atoms with Crippen molar-refractivity contribution in [3.05, 3.63) is 17.1 Å². The normalized spacial score (nSPS) is 20.6. The van der Waals surface area contributed by atoms with Gasteiger partial charge in [0.2, 0.25) is 15.9 Å². The highest BCUT2D eigenvalue weighted by molar-refractivity contribution is 7.89. The zero-order chi connectivity index (χ0) is 21.6. The van der Waals surface area contributed by atoms with Crippen LogP contribution in [0.4, 0.5) is 0 Å². The molecule has 0 spiro atoms. The molecule has 3 aliphatic rings. The third-order valence-corrected chi connectivity index (χ3v) is 8.70. The molecule has 0 unspecified atom stereocenters. The van der Waals surface area contributed by atoms with Gasteiger partial charge in [0.05, 0.1) is 7.11 Å². The molecule has 2 aliphatic carbocycles. The molecule has 3 fully saturated rings. The maximum Gasteiger partial charge on any atom is 0.342 e. The Kier molecular flexibility index (Phi) is 5.69. The van der Waals surface area contributed by atoms with Crippen molar-refractivity contribution in [2.75, 3.05) is 33.3 Å². The highest BCUT2D eigenvalue weighted by Gasteiger charge is 2.43. The van der Waals surface area contributed by atoms with Crippen molar-refractivity contribution in [3.63, 3.8) is 0 Å². The van der Waals surface area contributed by atoms with Crippen LogP contribution in [0.5, 0.6) is 0 Å². The second kappa shape index (κ2) is 8.00. The molecule has 2 saturated carbocycles. The smallest absolute Gasteiger partial charge is 0.342 e. The quantitative estimate of drug-likeness (QED) is 0.606. The van der Waals surface area contributed by atoms with Crippen molar-refractivity contribution in [2.24, 2.45) is 17.8 Å². The van der Waals surface area contributed by atoms with E-state index in [4.69, 9.17) is 9.15 Å². The molecule has 2 heterocycles. The van der Waals surface area contributed by atoms with Gasteiger partial charge in [-0.1, -0.05) is 0 Å². The molecule has 0 bridgehead atoms. The van der Waals surface area contributed by atoms with Crippen LogP contribution in [0, 0.1) is 31.6 Å². The van der Waals surface area contributed by atoms with Crippen LogP contribution >= 0.6 is 0 Å². The van der Waals surface area contributed by atoms with Gasteiger partial charge in [0.15, 0.2) is 0 Å². The number of hydrogen-bond donors (Lipinski definition) is 0. The summed E-state index contributed by atoms with van der Waals surface area (Å²) < 4.78 is 38.1. The van der Waals surface area contributed by atoms with Gasteiger partial charge in [-0.25, -0.2) is 13.2 Å². The molecule has 1 saturated heterocycles. The van der Waals surface area contributed by atoms with E-state index in [1.807, 2.05) is 0 Å². The van der Waals surface area contributed by atoms with Crippen LogP contribution in [0.1, 0.15) is 54.0 Å². The van der Waals surface area contributed by atoms with Crippen LogP contribution in [0.2, 0.25) is 0 Å². The third-order valence-electron chi connectivity index (χ3n) is 6.65. The second-order valence-electron chi connectivity index (χ2n) is 8.74. The van der Waals surface area contributed by atoms with E-state index in [2.05, 4.69) is 0 Å². The van der Waals surface area contributed by atoms with E-state index in [0.717, 1.165) is 0 Å². The number of sulfonamides is 1. The van der Waals surface area contributed by atoms with Crippen LogP contribution in [-0.2, 0) is 19.6 Å². The van der Waals surface area contributed by atoms with Gasteiger partial charge in [0, 0.05) is 32.6 Å². The lowest BCUT2D eigenvalue weighted by Crippen LogP contribution is -2.51. The Morgan fingerprint density at radius 1 is 1.03 bits per heavy atom. The molecule has 9 heteroatoms. The molecule has 1 aliphatic heterocycles. The molecule has 4 rings (SSSR count). The van der Waals surface area contributed by atoms with Crippen LogP contribution in [0.3, 0.4) is 0 Å². The molecule has 0 N–H and O–H groups in total. The first-order valence-corrected chi connectivity index (χ1v) is 12.1. The molecule has 0 radical (unpaired) electrons. The van der Waals surface area contributed by atoms with Gasteiger partial charge < -0.3 is 14.1 Å². The van der Waals surface area contributed by atoms with E-state index in [1.165, 1.54) is 44.0 Å². The molecule has 166 valence electrons. The minimum absolute atomic E-state index is 0.0507. The Balaban J connectivity index is 1.43. The summed E-state index contributed by atoms with van der Waals surface area (Å²) >= 11 is 0. The van der Waals surface area contributed by atoms with Crippen molar-refractivity contribution in [1.82, 2.24) is 9.21 Å². The van der Waals surface area contributed by atoms with E-state index in [-0.39, 0.29) is 41.0 Å². The number of hydrogen-bond acceptors (Lipinski definition) is 6. The number of rotatable bonds is 7. The lowest BCUT2D eigenvalue weighted by atomic mass is 9.93. The summed E-state index contributed by atoms with van der Waals surface area (Å²) in [6.07, 6.45) is 5.56. The lowest BCUT2D eigenvalue weighted by Gasteiger charge is -2.34. The zero-order valence-corrected chi connectivity index (χ0v) is 18.7. The fourth-order valence-corrected chi connectivity index (χ4v) is 6.51. The number of carbonyl (C=O) groups excluding carboxylic acids is 2. The summed E-state index contributed by atoms with van der Waals surface area (Å²) in [5.41, 5.74) is -0.0507. The average Bonchev–Trinajstić information content (AvgIpc) is 3.63. The summed E-state index contributed by atoms with van der Waals surface area (Å²) in [7, 11) is -2.73. The average molecular weight is 439 g/mol. The summed E-state index contributed by atoms with van der Waals surface area (Å²) in [5, 5.41) is 0. The molecular weight excluding hydrogens is 408 g/mol. The van der Waals surface area contributed by atoms with Gasteiger partial charge in [-0.15, -0.1) is 0 Å². The largest absolute Gasteiger partial charge is 0.465 e. The number of ether oxygens (including phenoxy) is 1. The minimum atomic E-state index is -3.94. The number of nitrogens with zero attached hydrogens (tertiary/aromatic N) is 2. The summed E-state index contributed by atoms with van der Waals surface area (Å²) in [5.74, 6) is 1.74. The van der Waals surface area contributed by atoms with Gasteiger partial charge in [-0.05, 0) is 57.3 Å². The number of esters is 1. The van der Waals surface area contributed by atoms with Gasteiger partial charge in [-0.3, -0.25) is 4.79 Å². The van der Waals surface area contributed by atoms with Crippen LogP contribution in [-0.4, -0.2) is 62.8 Å². The number of methoxy groups -OCH3 is 1. The Bertz CT molecular complexity index is 925. The first-order chi connectivity index (χ1) is 14.2. The molecule has 0 aromatic carbocycles. The first kappa shape index (κ1) is 21.4. The first-order valence-electron chi connectivity index (χ1n) is 10.7. The number of carbonyl (C=O) groups is 2. The zero-order valence-electron chi connectivity index (χ0n) is 17.8. The Morgan fingerprint density at radius 2 is 1.60 bits per heavy atom. The van der Waals surface area contributed by atoms with Crippen LogP contribution in [0.25, 0.3) is 0 Å². The standard InChI is InChI=1S/C21H30N2O6S/c1-13-19(21(25)28-3)20(14(2)29-13)30(26,27)23-10-8-22(9-11-23)18(24)12-17(15-4-5-15)16-6-7-16/h15-17H,4-12H2,1-3H3. The Labute approximate surface area is 177 Å². The maximum absolute atomic E-state index is 13.3. The maximum atomic E-state index is 13.3. The van der Waals surface area contributed by atoms with Gasteiger partial charge in [0.25, 0.3) is 0 Å². The van der Waals surface area contributed by atoms with E-state index < -0.39 is 16.0 Å². The molecular formula is C21H30N2O6S. The van der Waals surface area contributed by atoms with Crippen LogP contribution in [0.15, 0.2) is 9.31 Å². The van der Waals surface area contributed by atoms with Crippen LogP contribution < -0.4 is 0 Å². The second-order valence-corrected chi connectivity index (χ2v) is 10.6. The number of furan rings is 1. The number of aryl methyl sites for hydroxylation is 2. The summed E-state index contributed by atoms with van der Waals surface area (Å²) in [6.45, 7) is 4.21. The molecule has 1 aromatic heterocycles. The minimum Gasteiger partial charge on any atom is -0.465 e. The predicted molar refractivity (Wildman–Crippen MR) is 108 cm³/mol. The highest BCUT2D eigenvalue weighted by atomic mass is 32.2. The highest BCUT2D eigenvalue weighted by Crippen LogP contribution is 2.50.